The van der Waals surface area contributed by atoms with Crippen molar-refractivity contribution in [1.82, 2.24) is 4.90 Å². The molecule has 2 aromatic carbocycles. The molecule has 0 spiro atoms. The molecule has 2 atom stereocenters. The van der Waals surface area contributed by atoms with Gasteiger partial charge in [-0.25, -0.2) is 0 Å². The first-order chi connectivity index (χ1) is 11.1. The molecule has 2 aromatic rings. The van der Waals surface area contributed by atoms with E-state index in [1.807, 2.05) is 11.0 Å². The van der Waals surface area contributed by atoms with Crippen molar-refractivity contribution in [2.75, 3.05) is 18.0 Å². The van der Waals surface area contributed by atoms with Gasteiger partial charge in [-0.1, -0.05) is 41.4 Å². The number of para-hydroxylation sites is 1. The maximum atomic E-state index is 12.7. The van der Waals surface area contributed by atoms with Crippen LogP contribution in [0.2, 0.25) is 10.0 Å². The number of carbonyl (C=O) groups excluding carboxylic acids is 1. The van der Waals surface area contributed by atoms with Crippen LogP contribution in [0, 0.1) is 0 Å². The van der Waals surface area contributed by atoms with Crippen LogP contribution in [-0.4, -0.2) is 36.0 Å². The van der Waals surface area contributed by atoms with Gasteiger partial charge in [0.05, 0.1) is 10.0 Å². The molecule has 2 bridgehead atoms. The van der Waals surface area contributed by atoms with Crippen molar-refractivity contribution >= 4 is 34.8 Å². The first kappa shape index (κ1) is 14.9. The van der Waals surface area contributed by atoms with Crippen LogP contribution in [0.1, 0.15) is 16.8 Å². The van der Waals surface area contributed by atoms with Crippen LogP contribution in [0.15, 0.2) is 48.5 Å². The number of hydrogen-bond acceptors (Lipinski definition) is 2. The van der Waals surface area contributed by atoms with Gasteiger partial charge in [-0.15, -0.1) is 0 Å². The quantitative estimate of drug-likeness (QED) is 0.817. The average Bonchev–Trinajstić information content (AvgIpc) is 2.57. The lowest BCUT2D eigenvalue weighted by Gasteiger charge is -2.57. The molecule has 118 valence electrons. The normalized spacial score (nSPS) is 22.7. The first-order valence-electron chi connectivity index (χ1n) is 7.71. The van der Waals surface area contributed by atoms with Gasteiger partial charge in [0.15, 0.2) is 0 Å². The largest absolute Gasteiger partial charge is 0.362 e. The Morgan fingerprint density at radius 1 is 0.957 bits per heavy atom. The van der Waals surface area contributed by atoms with Gasteiger partial charge in [0.2, 0.25) is 0 Å². The van der Waals surface area contributed by atoms with Gasteiger partial charge in [0, 0.05) is 36.4 Å². The molecule has 0 unspecified atom stereocenters. The minimum absolute atomic E-state index is 0.0333. The fourth-order valence-electron chi connectivity index (χ4n) is 3.61. The summed E-state index contributed by atoms with van der Waals surface area (Å²) in [6.07, 6.45) is 1.15. The number of anilines is 1. The highest BCUT2D eigenvalue weighted by molar-refractivity contribution is 6.42. The maximum absolute atomic E-state index is 12.7. The Morgan fingerprint density at radius 2 is 1.65 bits per heavy atom. The Labute approximate surface area is 145 Å². The second-order valence-electron chi connectivity index (χ2n) is 6.13. The highest BCUT2D eigenvalue weighted by Crippen LogP contribution is 2.37. The number of hydrogen-bond donors (Lipinski definition) is 0. The molecule has 3 heterocycles. The van der Waals surface area contributed by atoms with Gasteiger partial charge in [0.25, 0.3) is 5.91 Å². The molecule has 5 rings (SSSR count). The number of halogens is 2. The summed E-state index contributed by atoms with van der Waals surface area (Å²) in [6, 6.07) is 16.3. The zero-order chi connectivity index (χ0) is 16.0. The third-order valence-corrected chi connectivity index (χ3v) is 5.44. The Morgan fingerprint density at radius 3 is 2.30 bits per heavy atom. The van der Waals surface area contributed by atoms with Gasteiger partial charge in [-0.3, -0.25) is 4.79 Å². The third kappa shape index (κ3) is 2.58. The van der Waals surface area contributed by atoms with E-state index in [0.29, 0.717) is 27.7 Å². The van der Waals surface area contributed by atoms with Crippen molar-refractivity contribution in [2.45, 2.75) is 18.5 Å². The zero-order valence-corrected chi connectivity index (χ0v) is 14.0. The summed E-state index contributed by atoms with van der Waals surface area (Å²) in [7, 11) is 0. The van der Waals surface area contributed by atoms with E-state index in [0.717, 1.165) is 19.5 Å². The lowest BCUT2D eigenvalue weighted by Crippen LogP contribution is -2.69. The number of amides is 1. The van der Waals surface area contributed by atoms with Gasteiger partial charge in [-0.2, -0.15) is 0 Å². The smallest absolute Gasteiger partial charge is 0.254 e. The van der Waals surface area contributed by atoms with E-state index >= 15 is 0 Å². The van der Waals surface area contributed by atoms with Crippen molar-refractivity contribution in [3.05, 3.63) is 64.1 Å². The van der Waals surface area contributed by atoms with E-state index in [1.165, 1.54) is 5.69 Å². The summed E-state index contributed by atoms with van der Waals surface area (Å²) in [4.78, 5) is 17.0. The molecular formula is C18H16Cl2N2O. The van der Waals surface area contributed by atoms with Gasteiger partial charge in [-0.05, 0) is 36.8 Å². The topological polar surface area (TPSA) is 23.6 Å². The molecule has 3 nitrogen and oxygen atoms in total. The molecule has 0 aromatic heterocycles. The van der Waals surface area contributed by atoms with Crippen molar-refractivity contribution in [3.63, 3.8) is 0 Å². The minimum atomic E-state index is 0.0333. The maximum Gasteiger partial charge on any atom is 0.254 e. The van der Waals surface area contributed by atoms with Crippen molar-refractivity contribution in [1.29, 1.82) is 0 Å². The lowest BCUT2D eigenvalue weighted by molar-refractivity contribution is 0.0577. The average molecular weight is 347 g/mol. The standard InChI is InChI=1S/C18H16Cl2N2O/c19-16-7-6-12(8-17(16)20)18(23)21-10-14-9-15(11-21)22(14)13-4-2-1-3-5-13/h1-8,14-15H,9-11H2/t14-,15+. The fourth-order valence-corrected chi connectivity index (χ4v) is 3.91. The van der Waals surface area contributed by atoms with Crippen LogP contribution in [-0.2, 0) is 0 Å². The monoisotopic (exact) mass is 346 g/mol. The number of rotatable bonds is 2. The number of piperazine rings is 1. The highest BCUT2D eigenvalue weighted by atomic mass is 35.5. The molecule has 0 N–H and O–H groups in total. The number of piperidine rings is 1. The summed E-state index contributed by atoms with van der Waals surface area (Å²) in [6.45, 7) is 1.51. The summed E-state index contributed by atoms with van der Waals surface area (Å²) >= 11 is 12.0. The molecule has 5 heteroatoms. The van der Waals surface area contributed by atoms with E-state index in [1.54, 1.807) is 18.2 Å². The van der Waals surface area contributed by atoms with E-state index in [-0.39, 0.29) is 5.91 Å². The highest BCUT2D eigenvalue weighted by Gasteiger charge is 2.45. The van der Waals surface area contributed by atoms with Crippen LogP contribution < -0.4 is 4.90 Å². The van der Waals surface area contributed by atoms with E-state index in [2.05, 4.69) is 29.2 Å². The van der Waals surface area contributed by atoms with Crippen molar-refractivity contribution in [3.8, 4) is 0 Å². The number of fused-ring (bicyclic) bond motifs is 2. The van der Waals surface area contributed by atoms with Crippen molar-refractivity contribution < 1.29 is 4.79 Å². The van der Waals surface area contributed by atoms with Crippen LogP contribution in [0.5, 0.6) is 0 Å². The summed E-state index contributed by atoms with van der Waals surface area (Å²) < 4.78 is 0. The molecule has 1 amide bonds. The third-order valence-electron chi connectivity index (χ3n) is 4.70. The molecule has 23 heavy (non-hydrogen) atoms. The Bertz CT molecular complexity index is 738. The lowest BCUT2D eigenvalue weighted by atomic mass is 9.86. The van der Waals surface area contributed by atoms with Gasteiger partial charge in [0.1, 0.15) is 0 Å². The molecule has 3 saturated heterocycles. The molecule has 3 aliphatic rings. The summed E-state index contributed by atoms with van der Waals surface area (Å²) in [5.74, 6) is 0.0333. The second-order valence-corrected chi connectivity index (χ2v) is 6.94. The molecule has 3 fully saturated rings. The van der Waals surface area contributed by atoms with E-state index in [9.17, 15) is 4.79 Å². The SMILES string of the molecule is O=C(c1ccc(Cl)c(Cl)c1)N1C[C@H]2C[C@@H](C1)N2c1ccccc1. The fraction of sp³-hybridized carbons (Fsp3) is 0.278. The number of benzene rings is 2. The molecule has 3 aliphatic heterocycles. The summed E-state index contributed by atoms with van der Waals surface area (Å²) in [5, 5.41) is 0.894. The Balaban J connectivity index is 1.49. The Kier molecular flexibility index (Phi) is 3.70. The second kappa shape index (κ2) is 5.73. The van der Waals surface area contributed by atoms with Crippen LogP contribution >= 0.6 is 23.2 Å². The molecule has 0 aliphatic carbocycles. The zero-order valence-electron chi connectivity index (χ0n) is 12.5. The van der Waals surface area contributed by atoms with Gasteiger partial charge >= 0.3 is 0 Å². The molecule has 0 radical (unpaired) electrons. The van der Waals surface area contributed by atoms with Crippen LogP contribution in [0.25, 0.3) is 0 Å². The molecule has 0 saturated carbocycles. The minimum Gasteiger partial charge on any atom is -0.362 e. The number of carbonyl (C=O) groups is 1. The van der Waals surface area contributed by atoms with Crippen molar-refractivity contribution in [2.24, 2.45) is 0 Å². The van der Waals surface area contributed by atoms with Crippen LogP contribution in [0.4, 0.5) is 5.69 Å². The van der Waals surface area contributed by atoms with Gasteiger partial charge < -0.3 is 9.80 Å². The van der Waals surface area contributed by atoms with Crippen LogP contribution in [0.3, 0.4) is 0 Å². The molecular weight excluding hydrogens is 331 g/mol. The van der Waals surface area contributed by atoms with E-state index in [4.69, 9.17) is 23.2 Å². The first-order valence-corrected chi connectivity index (χ1v) is 8.47. The Hall–Kier alpha value is -1.71. The predicted octanol–water partition coefficient (Wildman–Crippen LogP) is 4.10. The van der Waals surface area contributed by atoms with E-state index < -0.39 is 0 Å². The number of nitrogens with zero attached hydrogens (tertiary/aromatic N) is 2. The summed E-state index contributed by atoms with van der Waals surface area (Å²) in [5.41, 5.74) is 1.85. The predicted molar refractivity (Wildman–Crippen MR) is 93.5 cm³/mol.